The molecule has 0 unspecified atom stereocenters. The van der Waals surface area contributed by atoms with Gasteiger partial charge in [-0.15, -0.1) is 0 Å². The van der Waals surface area contributed by atoms with E-state index in [2.05, 4.69) is 15.3 Å². The molecule has 0 bridgehead atoms. The van der Waals surface area contributed by atoms with Crippen LogP contribution >= 0.6 is 0 Å². The van der Waals surface area contributed by atoms with Crippen molar-refractivity contribution in [1.29, 1.82) is 0 Å². The van der Waals surface area contributed by atoms with Gasteiger partial charge < -0.3 is 15.0 Å². The Bertz CT molecular complexity index is 950. The van der Waals surface area contributed by atoms with Crippen LogP contribution in [0.15, 0.2) is 54.6 Å². The van der Waals surface area contributed by atoms with Crippen molar-refractivity contribution >= 4 is 17.5 Å². The second-order valence-electron chi connectivity index (χ2n) is 6.69. The van der Waals surface area contributed by atoms with Crippen molar-refractivity contribution in [2.24, 2.45) is 0 Å². The van der Waals surface area contributed by atoms with Crippen LogP contribution in [0.5, 0.6) is 5.75 Å². The molecule has 0 saturated carbocycles. The molecule has 1 N–H and O–H groups in total. The molecule has 0 aliphatic rings. The van der Waals surface area contributed by atoms with E-state index in [-0.39, 0.29) is 5.91 Å². The Kier molecular flexibility index (Phi) is 5.89. The Morgan fingerprint density at radius 3 is 2.36 bits per heavy atom. The number of rotatable bonds is 6. The molecular weight excluding hydrogens is 352 g/mol. The second-order valence-corrected chi connectivity index (χ2v) is 6.69. The number of benzene rings is 2. The van der Waals surface area contributed by atoms with Gasteiger partial charge in [0.1, 0.15) is 5.75 Å². The number of carbonyl (C=O) groups is 1. The summed E-state index contributed by atoms with van der Waals surface area (Å²) in [5, 5.41) is 3.18. The van der Waals surface area contributed by atoms with E-state index < -0.39 is 0 Å². The molecule has 0 aliphatic carbocycles. The molecule has 6 nitrogen and oxygen atoms in total. The first-order valence-electron chi connectivity index (χ1n) is 9.02. The average Bonchev–Trinajstić information content (AvgIpc) is 2.67. The topological polar surface area (TPSA) is 67.3 Å². The summed E-state index contributed by atoms with van der Waals surface area (Å²) in [4.78, 5) is 23.3. The van der Waals surface area contributed by atoms with Gasteiger partial charge in [0.05, 0.1) is 7.11 Å². The van der Waals surface area contributed by atoms with Crippen molar-refractivity contribution in [1.82, 2.24) is 14.9 Å². The number of methoxy groups -OCH3 is 1. The number of aryl methyl sites for hydroxylation is 2. The number of hydrogen-bond acceptors (Lipinski definition) is 5. The van der Waals surface area contributed by atoms with E-state index in [0.29, 0.717) is 18.1 Å². The number of nitrogens with zero attached hydrogens (tertiary/aromatic N) is 3. The monoisotopic (exact) mass is 376 g/mol. The maximum atomic E-state index is 12.8. The fourth-order valence-electron chi connectivity index (χ4n) is 2.94. The summed E-state index contributed by atoms with van der Waals surface area (Å²) in [6.07, 6.45) is 0. The van der Waals surface area contributed by atoms with E-state index >= 15 is 0 Å². The Hall–Kier alpha value is -3.41. The minimum atomic E-state index is -0.0548. The van der Waals surface area contributed by atoms with Crippen LogP contribution in [0.4, 0.5) is 11.6 Å². The first kappa shape index (κ1) is 19.4. The second kappa shape index (κ2) is 8.52. The van der Waals surface area contributed by atoms with Gasteiger partial charge in [0.15, 0.2) is 0 Å². The van der Waals surface area contributed by atoms with Gasteiger partial charge in [-0.3, -0.25) is 4.79 Å². The third-order valence-electron chi connectivity index (χ3n) is 4.27. The van der Waals surface area contributed by atoms with Gasteiger partial charge in [0.25, 0.3) is 5.91 Å². The molecular formula is C22H24N4O2. The molecule has 0 fully saturated rings. The van der Waals surface area contributed by atoms with Crippen LogP contribution < -0.4 is 10.1 Å². The molecule has 0 spiro atoms. The van der Waals surface area contributed by atoms with Gasteiger partial charge in [-0.25, -0.2) is 9.97 Å². The van der Waals surface area contributed by atoms with Crippen molar-refractivity contribution < 1.29 is 9.53 Å². The molecule has 3 aromatic rings. The zero-order chi connectivity index (χ0) is 20.1. The molecule has 2 aromatic carbocycles. The summed E-state index contributed by atoms with van der Waals surface area (Å²) in [7, 11) is 3.43. The summed E-state index contributed by atoms with van der Waals surface area (Å²) in [6, 6.07) is 17.0. The van der Waals surface area contributed by atoms with Crippen LogP contribution in [0.25, 0.3) is 0 Å². The fraction of sp³-hybridized carbons (Fsp3) is 0.227. The van der Waals surface area contributed by atoms with Gasteiger partial charge in [-0.1, -0.05) is 18.2 Å². The number of nitrogens with one attached hydrogen (secondary N) is 1. The highest BCUT2D eigenvalue weighted by Crippen LogP contribution is 2.18. The summed E-state index contributed by atoms with van der Waals surface area (Å²) < 4.78 is 5.17. The Morgan fingerprint density at radius 1 is 1.04 bits per heavy atom. The summed E-state index contributed by atoms with van der Waals surface area (Å²) in [6.45, 7) is 4.36. The number of carbonyl (C=O) groups excluding carboxylic acids is 1. The van der Waals surface area contributed by atoms with Crippen molar-refractivity contribution in [3.8, 4) is 5.75 Å². The third-order valence-corrected chi connectivity index (χ3v) is 4.27. The van der Waals surface area contributed by atoms with Crippen LogP contribution in [-0.2, 0) is 6.54 Å². The standard InChI is InChI=1S/C22H24N4O2/c1-15-12-16(2)24-22(23-15)25-19-7-5-6-18(13-19)21(27)26(3)14-17-8-10-20(28-4)11-9-17/h5-13H,14H2,1-4H3,(H,23,24,25). The summed E-state index contributed by atoms with van der Waals surface area (Å²) >= 11 is 0. The lowest BCUT2D eigenvalue weighted by Gasteiger charge is -2.18. The van der Waals surface area contributed by atoms with Crippen molar-refractivity contribution in [3.63, 3.8) is 0 Å². The van der Waals surface area contributed by atoms with E-state index in [1.807, 2.05) is 62.4 Å². The third kappa shape index (κ3) is 4.85. The van der Waals surface area contributed by atoms with Gasteiger partial charge in [-0.2, -0.15) is 0 Å². The van der Waals surface area contributed by atoms with Crippen molar-refractivity contribution in [3.05, 3.63) is 77.1 Å². The number of ether oxygens (including phenoxy) is 1. The Labute approximate surface area is 165 Å². The highest BCUT2D eigenvalue weighted by molar-refractivity contribution is 5.95. The average molecular weight is 376 g/mol. The minimum Gasteiger partial charge on any atom is -0.497 e. The zero-order valence-corrected chi connectivity index (χ0v) is 16.6. The molecule has 0 saturated heterocycles. The molecule has 3 rings (SSSR count). The van der Waals surface area contributed by atoms with Gasteiger partial charge in [0.2, 0.25) is 5.95 Å². The maximum absolute atomic E-state index is 12.8. The number of amides is 1. The van der Waals surface area contributed by atoms with Crippen LogP contribution in [-0.4, -0.2) is 34.9 Å². The fourth-order valence-corrected chi connectivity index (χ4v) is 2.94. The summed E-state index contributed by atoms with van der Waals surface area (Å²) in [5.41, 5.74) is 4.19. The molecule has 144 valence electrons. The van der Waals surface area contributed by atoms with Crippen molar-refractivity contribution in [2.45, 2.75) is 20.4 Å². The zero-order valence-electron chi connectivity index (χ0n) is 16.6. The van der Waals surface area contributed by atoms with Gasteiger partial charge in [0, 0.05) is 36.2 Å². The molecule has 1 heterocycles. The number of aromatic nitrogens is 2. The predicted molar refractivity (Wildman–Crippen MR) is 110 cm³/mol. The van der Waals surface area contributed by atoms with Crippen molar-refractivity contribution in [2.75, 3.05) is 19.5 Å². The highest BCUT2D eigenvalue weighted by Gasteiger charge is 2.13. The predicted octanol–water partition coefficient (Wildman–Crippen LogP) is 4.12. The lowest BCUT2D eigenvalue weighted by Crippen LogP contribution is -2.26. The van der Waals surface area contributed by atoms with Crippen LogP contribution in [0, 0.1) is 13.8 Å². The van der Waals surface area contributed by atoms with E-state index in [1.54, 1.807) is 25.1 Å². The highest BCUT2D eigenvalue weighted by atomic mass is 16.5. The molecule has 1 aromatic heterocycles. The molecule has 0 atom stereocenters. The SMILES string of the molecule is COc1ccc(CN(C)C(=O)c2cccc(Nc3nc(C)cc(C)n3)c2)cc1. The first-order chi connectivity index (χ1) is 13.4. The lowest BCUT2D eigenvalue weighted by atomic mass is 10.1. The van der Waals surface area contributed by atoms with Gasteiger partial charge in [-0.05, 0) is 55.8 Å². The molecule has 0 aliphatic heterocycles. The van der Waals surface area contributed by atoms with Gasteiger partial charge >= 0.3 is 0 Å². The van der Waals surface area contributed by atoms with E-state index in [4.69, 9.17) is 4.74 Å². The number of anilines is 2. The lowest BCUT2D eigenvalue weighted by molar-refractivity contribution is 0.0785. The summed E-state index contributed by atoms with van der Waals surface area (Å²) in [5.74, 6) is 1.26. The minimum absolute atomic E-state index is 0.0548. The molecule has 0 radical (unpaired) electrons. The Balaban J connectivity index is 1.71. The quantitative estimate of drug-likeness (QED) is 0.701. The Morgan fingerprint density at radius 2 is 1.71 bits per heavy atom. The van der Waals surface area contributed by atoms with E-state index in [1.165, 1.54) is 0 Å². The van der Waals surface area contributed by atoms with Crippen LogP contribution in [0.1, 0.15) is 27.3 Å². The smallest absolute Gasteiger partial charge is 0.253 e. The van der Waals surface area contributed by atoms with Crippen LogP contribution in [0.2, 0.25) is 0 Å². The largest absolute Gasteiger partial charge is 0.497 e. The molecule has 6 heteroatoms. The van der Waals surface area contributed by atoms with E-state index in [0.717, 1.165) is 28.4 Å². The molecule has 28 heavy (non-hydrogen) atoms. The number of hydrogen-bond donors (Lipinski definition) is 1. The molecule has 1 amide bonds. The maximum Gasteiger partial charge on any atom is 0.253 e. The van der Waals surface area contributed by atoms with Crippen LogP contribution in [0.3, 0.4) is 0 Å². The normalized spacial score (nSPS) is 10.4. The van der Waals surface area contributed by atoms with E-state index in [9.17, 15) is 4.79 Å². The first-order valence-corrected chi connectivity index (χ1v) is 9.02.